The average molecular weight is 280 g/mol. The smallest absolute Gasteiger partial charge is 0.320 e. The summed E-state index contributed by atoms with van der Waals surface area (Å²) in [5, 5.41) is 9.20. The number of carbonyl (C=O) groups is 2. The van der Waals surface area contributed by atoms with E-state index in [1.165, 1.54) is 12.8 Å². The lowest BCUT2D eigenvalue weighted by molar-refractivity contribution is -0.144. The fourth-order valence-corrected chi connectivity index (χ4v) is 3.47. The lowest BCUT2D eigenvalue weighted by Crippen LogP contribution is -2.48. The first-order chi connectivity index (χ1) is 9.58. The van der Waals surface area contributed by atoms with Crippen LogP contribution in [0.3, 0.4) is 0 Å². The molecule has 0 spiro atoms. The standard InChI is InChI=1S/C15H24N2O3/c1-10(11-4-5-11)17(12-6-7-12)14(18)9-16-8-2-3-13(16)15(19)20/h10-13H,2-9H2,1H3,(H,19,20)/t10?,13-/m0/s1. The molecule has 3 rings (SSSR count). The molecule has 1 saturated heterocycles. The van der Waals surface area contributed by atoms with Crippen LogP contribution in [0.5, 0.6) is 0 Å². The zero-order valence-corrected chi connectivity index (χ0v) is 12.1. The molecule has 5 heteroatoms. The van der Waals surface area contributed by atoms with Crippen molar-refractivity contribution in [2.24, 2.45) is 5.92 Å². The summed E-state index contributed by atoms with van der Waals surface area (Å²) in [5.41, 5.74) is 0. The number of nitrogens with zero attached hydrogens (tertiary/aromatic N) is 2. The second-order valence-electron chi connectivity index (χ2n) is 6.58. The molecule has 0 radical (unpaired) electrons. The Kier molecular flexibility index (Phi) is 3.71. The molecule has 1 aliphatic heterocycles. The third-order valence-electron chi connectivity index (χ3n) is 4.96. The molecule has 2 atom stereocenters. The van der Waals surface area contributed by atoms with Crippen molar-refractivity contribution in [2.75, 3.05) is 13.1 Å². The second kappa shape index (κ2) is 5.35. The number of carbonyl (C=O) groups excluding carboxylic acids is 1. The third-order valence-corrected chi connectivity index (χ3v) is 4.96. The lowest BCUT2D eigenvalue weighted by Gasteiger charge is -2.32. The molecule has 1 N–H and O–H groups in total. The number of rotatable bonds is 6. The highest BCUT2D eigenvalue weighted by atomic mass is 16.4. The van der Waals surface area contributed by atoms with Crippen molar-refractivity contribution in [3.63, 3.8) is 0 Å². The maximum Gasteiger partial charge on any atom is 0.320 e. The third kappa shape index (κ3) is 2.82. The molecule has 0 aromatic heterocycles. The van der Waals surface area contributed by atoms with Gasteiger partial charge in [0.05, 0.1) is 6.54 Å². The van der Waals surface area contributed by atoms with E-state index < -0.39 is 12.0 Å². The predicted octanol–water partition coefficient (Wildman–Crippen LogP) is 1.32. The van der Waals surface area contributed by atoms with E-state index in [0.717, 1.165) is 25.8 Å². The zero-order valence-electron chi connectivity index (χ0n) is 12.1. The Bertz CT molecular complexity index is 404. The number of aliphatic carboxylic acids is 1. The van der Waals surface area contributed by atoms with Crippen molar-refractivity contribution in [2.45, 2.75) is 63.6 Å². The summed E-state index contributed by atoms with van der Waals surface area (Å²) in [5.74, 6) is 0.0250. The van der Waals surface area contributed by atoms with Crippen molar-refractivity contribution in [1.82, 2.24) is 9.80 Å². The number of carboxylic acids is 1. The quantitative estimate of drug-likeness (QED) is 0.797. The van der Waals surface area contributed by atoms with Crippen LogP contribution in [0.1, 0.15) is 45.4 Å². The van der Waals surface area contributed by atoms with E-state index in [2.05, 4.69) is 11.8 Å². The number of amides is 1. The zero-order chi connectivity index (χ0) is 14.3. The van der Waals surface area contributed by atoms with E-state index in [1.807, 2.05) is 4.90 Å². The van der Waals surface area contributed by atoms with Crippen LogP contribution in [0.2, 0.25) is 0 Å². The van der Waals surface area contributed by atoms with Crippen LogP contribution in [0.4, 0.5) is 0 Å². The second-order valence-corrected chi connectivity index (χ2v) is 6.58. The summed E-state index contributed by atoms with van der Waals surface area (Å²) in [6, 6.07) is 0.293. The van der Waals surface area contributed by atoms with Gasteiger partial charge in [-0.1, -0.05) is 0 Å². The van der Waals surface area contributed by atoms with Crippen LogP contribution in [-0.4, -0.2) is 58.0 Å². The molecule has 0 aromatic rings. The van der Waals surface area contributed by atoms with Crippen LogP contribution < -0.4 is 0 Å². The van der Waals surface area contributed by atoms with Crippen LogP contribution in [0.25, 0.3) is 0 Å². The summed E-state index contributed by atoms with van der Waals surface area (Å²) in [7, 11) is 0. The monoisotopic (exact) mass is 280 g/mol. The highest BCUT2D eigenvalue weighted by molar-refractivity contribution is 5.81. The van der Waals surface area contributed by atoms with Gasteiger partial charge in [0.25, 0.3) is 0 Å². The lowest BCUT2D eigenvalue weighted by atomic mass is 10.1. The summed E-state index contributed by atoms with van der Waals surface area (Å²) < 4.78 is 0. The molecule has 0 aromatic carbocycles. The molecule has 3 fully saturated rings. The van der Waals surface area contributed by atoms with Gasteiger partial charge in [-0.3, -0.25) is 14.5 Å². The highest BCUT2D eigenvalue weighted by Gasteiger charge is 2.42. The van der Waals surface area contributed by atoms with Gasteiger partial charge in [0.15, 0.2) is 0 Å². The normalized spacial score (nSPS) is 28.4. The van der Waals surface area contributed by atoms with Crippen LogP contribution in [0.15, 0.2) is 0 Å². The highest BCUT2D eigenvalue weighted by Crippen LogP contribution is 2.39. The Morgan fingerprint density at radius 1 is 1.25 bits per heavy atom. The first kappa shape index (κ1) is 13.9. The Labute approximate surface area is 119 Å². The molecule has 1 heterocycles. The maximum absolute atomic E-state index is 12.6. The molecule has 5 nitrogen and oxygen atoms in total. The Balaban J connectivity index is 1.62. The van der Waals surface area contributed by atoms with Gasteiger partial charge in [0, 0.05) is 12.1 Å². The molecule has 20 heavy (non-hydrogen) atoms. The van der Waals surface area contributed by atoms with E-state index in [1.54, 1.807) is 0 Å². The SMILES string of the molecule is CC(C1CC1)N(C(=O)CN1CCC[C@H]1C(=O)O)C1CC1. The van der Waals surface area contributed by atoms with Gasteiger partial charge >= 0.3 is 5.97 Å². The van der Waals surface area contributed by atoms with Gasteiger partial charge < -0.3 is 10.0 Å². The molecule has 112 valence electrons. The van der Waals surface area contributed by atoms with Gasteiger partial charge in [-0.25, -0.2) is 0 Å². The number of hydrogen-bond acceptors (Lipinski definition) is 3. The molecule has 2 saturated carbocycles. The Morgan fingerprint density at radius 3 is 2.50 bits per heavy atom. The van der Waals surface area contributed by atoms with Crippen molar-refractivity contribution in [3.05, 3.63) is 0 Å². The van der Waals surface area contributed by atoms with E-state index in [4.69, 9.17) is 0 Å². The van der Waals surface area contributed by atoms with Crippen molar-refractivity contribution >= 4 is 11.9 Å². The minimum absolute atomic E-state index is 0.139. The minimum Gasteiger partial charge on any atom is -0.480 e. The summed E-state index contributed by atoms with van der Waals surface area (Å²) in [6.45, 7) is 3.18. The average Bonchev–Trinajstić information content (AvgIpc) is 3.28. The van der Waals surface area contributed by atoms with Crippen molar-refractivity contribution in [3.8, 4) is 0 Å². The first-order valence-corrected chi connectivity index (χ1v) is 7.86. The molecule has 3 aliphatic rings. The van der Waals surface area contributed by atoms with Crippen LogP contribution >= 0.6 is 0 Å². The summed E-state index contributed by atoms with van der Waals surface area (Å²) in [6.07, 6.45) is 6.25. The summed E-state index contributed by atoms with van der Waals surface area (Å²) in [4.78, 5) is 27.7. The first-order valence-electron chi connectivity index (χ1n) is 7.86. The molecule has 2 aliphatic carbocycles. The molecular formula is C15H24N2O3. The predicted molar refractivity (Wildman–Crippen MR) is 74.3 cm³/mol. The van der Waals surface area contributed by atoms with Gasteiger partial charge in [-0.05, 0) is 57.9 Å². The minimum atomic E-state index is -0.788. The van der Waals surface area contributed by atoms with Gasteiger partial charge in [0.2, 0.25) is 5.91 Å². The molecule has 1 amide bonds. The van der Waals surface area contributed by atoms with E-state index in [0.29, 0.717) is 24.4 Å². The fourth-order valence-electron chi connectivity index (χ4n) is 3.47. The fraction of sp³-hybridized carbons (Fsp3) is 0.867. The number of likely N-dealkylation sites (tertiary alicyclic amines) is 1. The van der Waals surface area contributed by atoms with E-state index in [-0.39, 0.29) is 12.5 Å². The number of hydrogen-bond donors (Lipinski definition) is 1. The molecule has 0 bridgehead atoms. The Hall–Kier alpha value is -1.10. The van der Waals surface area contributed by atoms with Crippen molar-refractivity contribution < 1.29 is 14.7 Å². The van der Waals surface area contributed by atoms with Gasteiger partial charge in [0.1, 0.15) is 6.04 Å². The van der Waals surface area contributed by atoms with Gasteiger partial charge in [-0.2, -0.15) is 0 Å². The molecule has 1 unspecified atom stereocenters. The number of carboxylic acid groups (broad SMARTS) is 1. The maximum atomic E-state index is 12.6. The van der Waals surface area contributed by atoms with Crippen LogP contribution in [-0.2, 0) is 9.59 Å². The van der Waals surface area contributed by atoms with Crippen LogP contribution in [0, 0.1) is 5.92 Å². The van der Waals surface area contributed by atoms with Gasteiger partial charge in [-0.15, -0.1) is 0 Å². The van der Waals surface area contributed by atoms with E-state index >= 15 is 0 Å². The van der Waals surface area contributed by atoms with Crippen molar-refractivity contribution in [1.29, 1.82) is 0 Å². The Morgan fingerprint density at radius 2 is 1.95 bits per heavy atom. The molecular weight excluding hydrogens is 256 g/mol. The topological polar surface area (TPSA) is 60.9 Å². The van der Waals surface area contributed by atoms with E-state index in [9.17, 15) is 14.7 Å². The summed E-state index contributed by atoms with van der Waals surface area (Å²) >= 11 is 0. The largest absolute Gasteiger partial charge is 0.480 e.